The van der Waals surface area contributed by atoms with Crippen LogP contribution < -0.4 is 0 Å². The summed E-state index contributed by atoms with van der Waals surface area (Å²) in [5.74, 6) is 0. The molecule has 1 amide bonds. The van der Waals surface area contributed by atoms with Crippen LogP contribution >= 0.6 is 39.2 Å². The smallest absolute Gasteiger partial charge is 0.445 e. The van der Waals surface area contributed by atoms with Gasteiger partial charge in [0, 0.05) is 0 Å². The van der Waals surface area contributed by atoms with Crippen molar-refractivity contribution in [3.63, 3.8) is 0 Å². The molecule has 0 aromatic carbocycles. The van der Waals surface area contributed by atoms with Crippen LogP contribution in [0.2, 0.25) is 0 Å². The first-order valence-corrected chi connectivity index (χ1v) is 6.90. The minimum absolute atomic E-state index is 0.312. The number of amides is 1. The molecule has 0 aromatic heterocycles. The second-order valence-corrected chi connectivity index (χ2v) is 8.94. The topological polar surface area (TPSA) is 29.5 Å². The Labute approximate surface area is 72.9 Å². The molecule has 1 saturated heterocycles. The summed E-state index contributed by atoms with van der Waals surface area (Å²) in [7, 11) is 0. The first-order chi connectivity index (χ1) is 4.52. The molecule has 7 heteroatoms. The fraction of sp³-hybridized carbons (Fsp3) is 0.667. The Bertz CT molecular complexity index is 158. The molecular formula is C3H4Cl3NO2P+. The Morgan fingerprint density at radius 2 is 2.10 bits per heavy atom. The third kappa shape index (κ3) is 1.79. The third-order valence-corrected chi connectivity index (χ3v) is 3.57. The molecule has 0 atom stereocenters. The molecule has 0 radical (unpaired) electrons. The third-order valence-electron chi connectivity index (χ3n) is 1.01. The van der Waals surface area contributed by atoms with Crippen molar-refractivity contribution < 1.29 is 9.53 Å². The number of halogens is 3. The van der Waals surface area contributed by atoms with E-state index in [9.17, 15) is 4.79 Å². The summed E-state index contributed by atoms with van der Waals surface area (Å²) >= 11 is 16.5. The number of ether oxygens (including phenoxy) is 1. The maximum atomic E-state index is 10.7. The van der Waals surface area contributed by atoms with Gasteiger partial charge in [-0.15, -0.1) is 4.67 Å². The van der Waals surface area contributed by atoms with E-state index in [4.69, 9.17) is 33.7 Å². The van der Waals surface area contributed by atoms with Gasteiger partial charge in [0.2, 0.25) is 0 Å². The molecule has 1 heterocycles. The van der Waals surface area contributed by atoms with Crippen LogP contribution in [0.25, 0.3) is 0 Å². The molecule has 0 bridgehead atoms. The minimum atomic E-state index is -2.74. The average Bonchev–Trinajstić information content (AvgIpc) is 2.11. The zero-order valence-corrected chi connectivity index (χ0v) is 7.92. The van der Waals surface area contributed by atoms with Gasteiger partial charge in [-0.1, -0.05) is 0 Å². The highest BCUT2D eigenvalue weighted by Gasteiger charge is 2.49. The molecule has 3 nitrogen and oxygen atoms in total. The molecule has 0 N–H and O–H groups in total. The largest absolute Gasteiger partial charge is 0.445 e. The molecule has 58 valence electrons. The molecule has 1 rings (SSSR count). The van der Waals surface area contributed by atoms with Gasteiger partial charge in [-0.25, -0.2) is 4.79 Å². The van der Waals surface area contributed by atoms with E-state index in [1.54, 1.807) is 0 Å². The maximum absolute atomic E-state index is 10.7. The van der Waals surface area contributed by atoms with Crippen molar-refractivity contribution in [3.05, 3.63) is 0 Å². The zero-order chi connectivity index (χ0) is 7.78. The highest BCUT2D eigenvalue weighted by Crippen LogP contribution is 2.76. The Morgan fingerprint density at radius 1 is 1.50 bits per heavy atom. The fourth-order valence-electron chi connectivity index (χ4n) is 0.591. The summed E-state index contributed by atoms with van der Waals surface area (Å²) in [5, 5.41) is 0. The van der Waals surface area contributed by atoms with Gasteiger partial charge >= 0.3 is 11.6 Å². The number of carbonyl (C=O) groups excluding carboxylic acids is 1. The summed E-state index contributed by atoms with van der Waals surface area (Å²) in [6.07, 6.45) is -0.534. The summed E-state index contributed by atoms with van der Waals surface area (Å²) in [6.45, 7) is 0.690. The van der Waals surface area contributed by atoms with E-state index in [-0.39, 0.29) is 0 Å². The molecule has 0 aromatic rings. The summed E-state index contributed by atoms with van der Waals surface area (Å²) in [5.41, 5.74) is -2.74. The van der Waals surface area contributed by atoms with Crippen LogP contribution in [-0.2, 0) is 4.74 Å². The van der Waals surface area contributed by atoms with Crippen molar-refractivity contribution in [1.82, 2.24) is 4.67 Å². The highest BCUT2D eigenvalue weighted by molar-refractivity contribution is 8.31. The van der Waals surface area contributed by atoms with Crippen LogP contribution in [0, 0.1) is 0 Å². The lowest BCUT2D eigenvalue weighted by atomic mass is 10.7. The van der Waals surface area contributed by atoms with Crippen molar-refractivity contribution in [2.75, 3.05) is 13.2 Å². The predicted octanol–water partition coefficient (Wildman–Crippen LogP) is 2.83. The minimum Gasteiger partial charge on any atom is -0.445 e. The van der Waals surface area contributed by atoms with Gasteiger partial charge in [-0.3, -0.25) is 0 Å². The van der Waals surface area contributed by atoms with Crippen LogP contribution in [0.15, 0.2) is 0 Å². The van der Waals surface area contributed by atoms with Crippen LogP contribution in [-0.4, -0.2) is 23.9 Å². The summed E-state index contributed by atoms with van der Waals surface area (Å²) in [6, 6.07) is 0. The van der Waals surface area contributed by atoms with E-state index in [2.05, 4.69) is 4.74 Å². The van der Waals surface area contributed by atoms with Crippen LogP contribution in [0.3, 0.4) is 0 Å². The fourth-order valence-corrected chi connectivity index (χ4v) is 2.38. The predicted molar refractivity (Wildman–Crippen MR) is 42.5 cm³/mol. The normalized spacial score (nSPS) is 19.5. The second kappa shape index (κ2) is 2.90. The molecule has 0 unspecified atom stereocenters. The number of nitrogens with zero attached hydrogens (tertiary/aromatic N) is 1. The molecular weight excluding hydrogens is 219 g/mol. The van der Waals surface area contributed by atoms with Gasteiger partial charge in [-0.05, 0) is 0 Å². The van der Waals surface area contributed by atoms with Crippen LogP contribution in [0.1, 0.15) is 0 Å². The standard InChI is InChI=1S/C3H4Cl3NO2P/c4-10(5,6)7-1-2-9-3(7)8/h1-2H2/q+1. The Morgan fingerprint density at radius 3 is 2.30 bits per heavy atom. The monoisotopic (exact) mass is 222 g/mol. The van der Waals surface area contributed by atoms with Crippen molar-refractivity contribution in [2.24, 2.45) is 0 Å². The van der Waals surface area contributed by atoms with Crippen LogP contribution in [0.5, 0.6) is 0 Å². The average molecular weight is 223 g/mol. The van der Waals surface area contributed by atoms with E-state index in [0.717, 1.165) is 4.67 Å². The Hall–Kier alpha value is 0.570. The first kappa shape index (κ1) is 8.66. The van der Waals surface area contributed by atoms with Gasteiger partial charge in [0.1, 0.15) is 6.61 Å². The highest BCUT2D eigenvalue weighted by atomic mass is 36.1. The van der Waals surface area contributed by atoms with Crippen molar-refractivity contribution in [1.29, 1.82) is 0 Å². The molecule has 10 heavy (non-hydrogen) atoms. The van der Waals surface area contributed by atoms with Gasteiger partial charge in [0.05, 0.1) is 6.54 Å². The van der Waals surface area contributed by atoms with Gasteiger partial charge in [0.15, 0.2) is 33.7 Å². The number of hydrogen-bond donors (Lipinski definition) is 0. The summed E-state index contributed by atoms with van der Waals surface area (Å²) in [4.78, 5) is 10.7. The van der Waals surface area contributed by atoms with Gasteiger partial charge in [0.25, 0.3) is 0 Å². The molecule has 0 saturated carbocycles. The lowest BCUT2D eigenvalue weighted by Gasteiger charge is -2.08. The number of hydrogen-bond acceptors (Lipinski definition) is 2. The van der Waals surface area contributed by atoms with Gasteiger partial charge in [-0.2, -0.15) is 0 Å². The number of rotatable bonds is 1. The van der Waals surface area contributed by atoms with Crippen LogP contribution in [0.4, 0.5) is 4.79 Å². The van der Waals surface area contributed by atoms with E-state index in [1.807, 2.05) is 0 Å². The maximum Gasteiger partial charge on any atom is 0.445 e. The molecule has 1 aliphatic rings. The summed E-state index contributed by atoms with van der Waals surface area (Å²) < 4.78 is 5.69. The Kier molecular flexibility index (Phi) is 2.51. The first-order valence-electron chi connectivity index (χ1n) is 2.44. The van der Waals surface area contributed by atoms with Gasteiger partial charge < -0.3 is 4.74 Å². The molecule has 0 spiro atoms. The zero-order valence-electron chi connectivity index (χ0n) is 4.76. The van der Waals surface area contributed by atoms with E-state index >= 15 is 0 Å². The SMILES string of the molecule is O=C1OCCN1[P+](Cl)(Cl)Cl. The molecule has 1 aliphatic heterocycles. The lowest BCUT2D eigenvalue weighted by Crippen LogP contribution is -2.17. The molecule has 1 fully saturated rings. The number of carbonyl (C=O) groups is 1. The second-order valence-electron chi connectivity index (χ2n) is 1.66. The van der Waals surface area contributed by atoms with E-state index in [0.29, 0.717) is 13.2 Å². The lowest BCUT2D eigenvalue weighted by molar-refractivity contribution is 0.170. The Balaban J connectivity index is 2.64. The van der Waals surface area contributed by atoms with Crippen molar-refractivity contribution in [2.45, 2.75) is 0 Å². The quantitative estimate of drug-likeness (QED) is 0.640. The number of cyclic esters (lactones) is 1. The van der Waals surface area contributed by atoms with Crippen molar-refractivity contribution in [3.8, 4) is 0 Å². The molecule has 0 aliphatic carbocycles. The van der Waals surface area contributed by atoms with E-state index in [1.165, 1.54) is 0 Å². The van der Waals surface area contributed by atoms with E-state index < -0.39 is 11.6 Å². The van der Waals surface area contributed by atoms with Crippen molar-refractivity contribution >= 4 is 45.3 Å².